The number of fused-ring (bicyclic) bond motifs is 2. The minimum absolute atomic E-state index is 0.0574. The Bertz CT molecular complexity index is 1200. The molecular formula is C26H31N3O4S. The first-order valence-electron chi connectivity index (χ1n) is 12.3. The highest BCUT2D eigenvalue weighted by molar-refractivity contribution is 7.92. The monoisotopic (exact) mass is 481 g/mol. The number of likely N-dealkylation sites (tertiary alicyclic amines) is 1. The Kier molecular flexibility index (Phi) is 6.34. The molecule has 2 amide bonds. The average Bonchev–Trinajstić information content (AvgIpc) is 3.38. The molecule has 0 unspecified atom stereocenters. The summed E-state index contributed by atoms with van der Waals surface area (Å²) in [5.41, 5.74) is 3.40. The fraction of sp³-hybridized carbons (Fsp3) is 0.462. The van der Waals surface area contributed by atoms with Crippen LogP contribution < -0.4 is 9.21 Å². The lowest BCUT2D eigenvalue weighted by molar-refractivity contribution is -0.133. The highest BCUT2D eigenvalue weighted by Crippen LogP contribution is 2.36. The summed E-state index contributed by atoms with van der Waals surface area (Å²) in [6.07, 6.45) is 6.12. The number of hydrogen-bond acceptors (Lipinski definition) is 4. The van der Waals surface area contributed by atoms with Crippen LogP contribution in [0.4, 0.5) is 11.4 Å². The van der Waals surface area contributed by atoms with Gasteiger partial charge in [-0.1, -0.05) is 31.0 Å². The van der Waals surface area contributed by atoms with E-state index in [2.05, 4.69) is 0 Å². The minimum atomic E-state index is -3.67. The van der Waals surface area contributed by atoms with Crippen molar-refractivity contribution >= 4 is 33.2 Å². The maximum absolute atomic E-state index is 13.4. The molecule has 0 spiro atoms. The fourth-order valence-electron chi connectivity index (χ4n) is 5.31. The number of carbonyl (C=O) groups is 2. The predicted molar refractivity (Wildman–Crippen MR) is 131 cm³/mol. The Morgan fingerprint density at radius 2 is 1.44 bits per heavy atom. The quantitative estimate of drug-likeness (QED) is 0.655. The van der Waals surface area contributed by atoms with Gasteiger partial charge >= 0.3 is 0 Å². The predicted octanol–water partition coefficient (Wildman–Crippen LogP) is 3.51. The Morgan fingerprint density at radius 1 is 0.735 bits per heavy atom. The summed E-state index contributed by atoms with van der Waals surface area (Å²) in [6.45, 7) is 2.53. The van der Waals surface area contributed by atoms with E-state index in [1.54, 1.807) is 23.1 Å². The second kappa shape index (κ2) is 9.41. The molecule has 1 fully saturated rings. The number of nitrogens with zero attached hydrogens (tertiary/aromatic N) is 3. The molecule has 0 aromatic heterocycles. The van der Waals surface area contributed by atoms with E-state index in [9.17, 15) is 18.0 Å². The van der Waals surface area contributed by atoms with Crippen molar-refractivity contribution in [3.63, 3.8) is 0 Å². The van der Waals surface area contributed by atoms with E-state index in [-0.39, 0.29) is 29.6 Å². The highest BCUT2D eigenvalue weighted by atomic mass is 32.2. The minimum Gasteiger partial charge on any atom is -0.343 e. The molecule has 0 N–H and O–H groups in total. The molecule has 0 radical (unpaired) electrons. The van der Waals surface area contributed by atoms with Crippen LogP contribution in [0.2, 0.25) is 0 Å². The van der Waals surface area contributed by atoms with Crippen LogP contribution in [0.15, 0.2) is 47.4 Å². The molecule has 1 saturated heterocycles. The lowest BCUT2D eigenvalue weighted by atomic mass is 10.2. The maximum Gasteiger partial charge on any atom is 0.264 e. The van der Waals surface area contributed by atoms with E-state index in [4.69, 9.17) is 0 Å². The largest absolute Gasteiger partial charge is 0.343 e. The van der Waals surface area contributed by atoms with Crippen molar-refractivity contribution in [1.82, 2.24) is 4.90 Å². The second-order valence-corrected chi connectivity index (χ2v) is 11.2. The smallest absolute Gasteiger partial charge is 0.264 e. The molecule has 34 heavy (non-hydrogen) atoms. The molecule has 0 bridgehead atoms. The molecule has 0 saturated carbocycles. The van der Waals surface area contributed by atoms with Gasteiger partial charge < -0.3 is 9.80 Å². The zero-order valence-electron chi connectivity index (χ0n) is 19.4. The highest BCUT2D eigenvalue weighted by Gasteiger charge is 2.33. The van der Waals surface area contributed by atoms with Crippen LogP contribution >= 0.6 is 0 Å². The topological polar surface area (TPSA) is 78.0 Å². The van der Waals surface area contributed by atoms with Crippen LogP contribution in [-0.2, 0) is 32.5 Å². The average molecular weight is 482 g/mol. The van der Waals surface area contributed by atoms with Crippen LogP contribution in [0.3, 0.4) is 0 Å². The van der Waals surface area contributed by atoms with Crippen LogP contribution in [0.1, 0.15) is 49.7 Å². The van der Waals surface area contributed by atoms with Gasteiger partial charge in [0.15, 0.2) is 0 Å². The number of hydrogen-bond donors (Lipinski definition) is 0. The summed E-state index contributed by atoms with van der Waals surface area (Å²) in [5, 5.41) is 0. The first-order chi connectivity index (χ1) is 16.4. The van der Waals surface area contributed by atoms with Crippen LogP contribution in [-0.4, -0.2) is 51.3 Å². The van der Waals surface area contributed by atoms with Gasteiger partial charge in [-0.15, -0.1) is 0 Å². The van der Waals surface area contributed by atoms with Gasteiger partial charge in [-0.25, -0.2) is 8.42 Å². The standard InChI is InChI=1S/C26H31N3O4S/c30-25(27-15-5-1-2-6-16-27)11-12-26(31)28-17-13-21-19-22(9-10-23(21)28)34(32,33)29-18-14-20-7-3-4-8-24(20)29/h3-4,7-10,19H,1-2,5-6,11-18H2. The molecule has 3 aliphatic rings. The molecule has 7 nitrogen and oxygen atoms in total. The number of benzene rings is 2. The van der Waals surface area contributed by atoms with Gasteiger partial charge in [0.2, 0.25) is 11.8 Å². The van der Waals surface area contributed by atoms with E-state index in [1.807, 2.05) is 29.2 Å². The third-order valence-corrected chi connectivity index (χ3v) is 9.00. The Morgan fingerprint density at radius 3 is 2.24 bits per heavy atom. The van der Waals surface area contributed by atoms with Crippen molar-refractivity contribution in [2.75, 3.05) is 35.4 Å². The third-order valence-electron chi connectivity index (χ3n) is 7.19. The van der Waals surface area contributed by atoms with Crippen molar-refractivity contribution in [2.24, 2.45) is 0 Å². The molecule has 5 rings (SSSR count). The van der Waals surface area contributed by atoms with Gasteiger partial charge in [0, 0.05) is 44.7 Å². The van der Waals surface area contributed by atoms with Crippen molar-refractivity contribution in [2.45, 2.75) is 56.3 Å². The molecule has 180 valence electrons. The number of carbonyl (C=O) groups excluding carboxylic acids is 2. The first-order valence-corrected chi connectivity index (χ1v) is 13.7. The molecule has 0 aliphatic carbocycles. The van der Waals surface area contributed by atoms with Gasteiger partial charge in [0.1, 0.15) is 0 Å². The number of para-hydroxylation sites is 1. The van der Waals surface area contributed by atoms with Crippen molar-refractivity contribution in [1.29, 1.82) is 0 Å². The fourth-order valence-corrected chi connectivity index (χ4v) is 6.86. The van der Waals surface area contributed by atoms with E-state index in [0.29, 0.717) is 25.9 Å². The lowest BCUT2D eigenvalue weighted by Crippen LogP contribution is -2.34. The van der Waals surface area contributed by atoms with Gasteiger partial charge in [0.25, 0.3) is 10.0 Å². The van der Waals surface area contributed by atoms with E-state index in [0.717, 1.165) is 61.3 Å². The van der Waals surface area contributed by atoms with Crippen LogP contribution in [0.5, 0.6) is 0 Å². The van der Waals surface area contributed by atoms with Gasteiger partial charge in [-0.05, 0) is 61.1 Å². The number of rotatable bonds is 5. The molecule has 0 atom stereocenters. The Hall–Kier alpha value is -2.87. The molecule has 8 heteroatoms. The zero-order valence-corrected chi connectivity index (χ0v) is 20.2. The van der Waals surface area contributed by atoms with E-state index in [1.165, 1.54) is 4.31 Å². The Labute approximate surface area is 201 Å². The summed E-state index contributed by atoms with van der Waals surface area (Å²) in [4.78, 5) is 29.3. The number of sulfonamides is 1. The summed E-state index contributed by atoms with van der Waals surface area (Å²) in [7, 11) is -3.67. The van der Waals surface area contributed by atoms with E-state index < -0.39 is 10.0 Å². The summed E-state index contributed by atoms with van der Waals surface area (Å²) < 4.78 is 28.2. The summed E-state index contributed by atoms with van der Waals surface area (Å²) >= 11 is 0. The molecule has 2 aromatic carbocycles. The SMILES string of the molecule is O=C(CCC(=O)N1CCc2cc(S(=O)(=O)N3CCc4ccccc43)ccc21)N1CCCCCC1. The summed E-state index contributed by atoms with van der Waals surface area (Å²) in [5.74, 6) is -0.0204. The van der Waals surface area contributed by atoms with Crippen molar-refractivity contribution in [3.05, 3.63) is 53.6 Å². The molecule has 3 heterocycles. The molecular weight excluding hydrogens is 450 g/mol. The maximum atomic E-state index is 13.4. The Balaban J connectivity index is 1.27. The van der Waals surface area contributed by atoms with Crippen molar-refractivity contribution < 1.29 is 18.0 Å². The van der Waals surface area contributed by atoms with Gasteiger partial charge in [-0.3, -0.25) is 13.9 Å². The van der Waals surface area contributed by atoms with Crippen molar-refractivity contribution in [3.8, 4) is 0 Å². The van der Waals surface area contributed by atoms with Crippen LogP contribution in [0.25, 0.3) is 0 Å². The second-order valence-electron chi connectivity index (χ2n) is 9.34. The zero-order chi connectivity index (χ0) is 23.7. The third kappa shape index (κ3) is 4.31. The van der Waals surface area contributed by atoms with Gasteiger partial charge in [0.05, 0.1) is 10.6 Å². The first kappa shape index (κ1) is 22.9. The number of anilines is 2. The number of amides is 2. The normalized spacial score (nSPS) is 17.9. The summed E-state index contributed by atoms with van der Waals surface area (Å²) in [6, 6.07) is 12.7. The van der Waals surface area contributed by atoms with Gasteiger partial charge in [-0.2, -0.15) is 0 Å². The molecule has 2 aromatic rings. The van der Waals surface area contributed by atoms with Crippen LogP contribution in [0, 0.1) is 0 Å². The lowest BCUT2D eigenvalue weighted by Gasteiger charge is -2.22. The molecule has 3 aliphatic heterocycles. The van der Waals surface area contributed by atoms with E-state index >= 15 is 0 Å².